The molecule has 1 nitrogen and oxygen atoms in total. The fourth-order valence-corrected chi connectivity index (χ4v) is 5.83. The van der Waals surface area contributed by atoms with Crippen molar-refractivity contribution in [1.82, 2.24) is 4.98 Å². The van der Waals surface area contributed by atoms with E-state index < -0.39 is 0 Å². The second-order valence-corrected chi connectivity index (χ2v) is 9.93. The fourth-order valence-electron chi connectivity index (χ4n) is 5.83. The first-order valence-corrected chi connectivity index (χ1v) is 12.8. The minimum absolute atomic E-state index is 1.19. The molecule has 0 saturated carbocycles. The molecule has 1 heteroatoms. The number of benzene rings is 7. The molecule has 0 fully saturated rings. The van der Waals surface area contributed by atoms with Crippen molar-refractivity contribution in [2.24, 2.45) is 0 Å². The Morgan fingerprint density at radius 1 is 0.324 bits per heavy atom. The zero-order chi connectivity index (χ0) is 24.3. The maximum Gasteiger partial charge on any atom is 0.0471 e. The molecule has 0 aliphatic rings. The van der Waals surface area contributed by atoms with Crippen molar-refractivity contribution in [3.8, 4) is 22.3 Å². The Balaban J connectivity index is 1.24. The Bertz CT molecular complexity index is 2140. The quantitative estimate of drug-likeness (QED) is 0.259. The minimum atomic E-state index is 1.19. The summed E-state index contributed by atoms with van der Waals surface area (Å²) < 4.78 is 0. The summed E-state index contributed by atoms with van der Waals surface area (Å²) in [7, 11) is 0. The van der Waals surface area contributed by atoms with Crippen LogP contribution in [-0.2, 0) is 0 Å². The van der Waals surface area contributed by atoms with Crippen molar-refractivity contribution in [2.75, 3.05) is 0 Å². The summed E-state index contributed by atoms with van der Waals surface area (Å²) in [6.07, 6.45) is 0. The van der Waals surface area contributed by atoms with Crippen LogP contribution in [0.4, 0.5) is 0 Å². The molecule has 0 aliphatic carbocycles. The van der Waals surface area contributed by atoms with Gasteiger partial charge in [0.1, 0.15) is 0 Å². The van der Waals surface area contributed by atoms with Crippen LogP contribution in [-0.4, -0.2) is 4.98 Å². The third-order valence-electron chi connectivity index (χ3n) is 7.74. The summed E-state index contributed by atoms with van der Waals surface area (Å²) in [5.74, 6) is 0. The summed E-state index contributed by atoms with van der Waals surface area (Å²) in [5.41, 5.74) is 7.35. The van der Waals surface area contributed by atoms with Gasteiger partial charge in [-0.05, 0) is 91.0 Å². The molecule has 0 aliphatic heterocycles. The van der Waals surface area contributed by atoms with Gasteiger partial charge in [-0.1, -0.05) is 97.1 Å². The lowest BCUT2D eigenvalue weighted by molar-refractivity contribution is 1.55. The van der Waals surface area contributed by atoms with Crippen LogP contribution in [0.3, 0.4) is 0 Å². The first-order valence-electron chi connectivity index (χ1n) is 12.8. The van der Waals surface area contributed by atoms with Crippen LogP contribution in [0.25, 0.3) is 76.4 Å². The first-order chi connectivity index (χ1) is 18.3. The Kier molecular flexibility index (Phi) is 4.29. The van der Waals surface area contributed by atoms with Crippen molar-refractivity contribution in [1.29, 1.82) is 0 Å². The second-order valence-electron chi connectivity index (χ2n) is 9.93. The lowest BCUT2D eigenvalue weighted by Crippen LogP contribution is -1.83. The van der Waals surface area contributed by atoms with E-state index >= 15 is 0 Å². The number of hydrogen-bond donors (Lipinski definition) is 1. The van der Waals surface area contributed by atoms with Gasteiger partial charge in [0.25, 0.3) is 0 Å². The average molecular weight is 470 g/mol. The third-order valence-corrected chi connectivity index (χ3v) is 7.74. The van der Waals surface area contributed by atoms with Crippen molar-refractivity contribution in [3.05, 3.63) is 133 Å². The number of aromatic nitrogens is 1. The van der Waals surface area contributed by atoms with E-state index in [1.165, 1.54) is 76.4 Å². The summed E-state index contributed by atoms with van der Waals surface area (Å²) in [5, 5.41) is 10.2. The molecule has 0 bridgehead atoms. The molecule has 1 heterocycles. The van der Waals surface area contributed by atoms with E-state index in [0.29, 0.717) is 0 Å². The molecule has 0 spiro atoms. The monoisotopic (exact) mass is 469 g/mol. The van der Waals surface area contributed by atoms with Crippen LogP contribution in [0.1, 0.15) is 0 Å². The Morgan fingerprint density at radius 2 is 0.865 bits per heavy atom. The summed E-state index contributed by atoms with van der Waals surface area (Å²) in [6.45, 7) is 0. The largest absolute Gasteiger partial charge is 0.354 e. The third kappa shape index (κ3) is 3.25. The van der Waals surface area contributed by atoms with Crippen LogP contribution in [0.5, 0.6) is 0 Å². The van der Waals surface area contributed by atoms with E-state index in [1.54, 1.807) is 0 Å². The number of aromatic amines is 1. The van der Waals surface area contributed by atoms with E-state index in [-0.39, 0.29) is 0 Å². The zero-order valence-electron chi connectivity index (χ0n) is 20.2. The maximum absolute atomic E-state index is 3.57. The van der Waals surface area contributed by atoms with E-state index in [2.05, 4.69) is 138 Å². The standard InChI is InChI=1S/C36H23N/c1-2-6-25-19-26(12-9-23(25)5-1)27-13-10-24-11-14-28(22-31(24)21-27)29-15-17-32-30(20-29)16-18-35-36(32)33-7-3-4-8-34(33)37-35/h1-22,37H. The van der Waals surface area contributed by atoms with Gasteiger partial charge < -0.3 is 4.98 Å². The summed E-state index contributed by atoms with van der Waals surface area (Å²) in [4.78, 5) is 3.57. The zero-order valence-corrected chi connectivity index (χ0v) is 20.2. The van der Waals surface area contributed by atoms with Crippen molar-refractivity contribution in [3.63, 3.8) is 0 Å². The number of nitrogens with one attached hydrogen (secondary N) is 1. The Morgan fingerprint density at radius 3 is 1.62 bits per heavy atom. The van der Waals surface area contributed by atoms with Crippen LogP contribution in [0.2, 0.25) is 0 Å². The lowest BCUT2D eigenvalue weighted by Gasteiger charge is -2.09. The number of para-hydroxylation sites is 1. The average Bonchev–Trinajstić information content (AvgIpc) is 3.35. The normalized spacial score (nSPS) is 11.8. The molecule has 8 aromatic rings. The highest BCUT2D eigenvalue weighted by Crippen LogP contribution is 2.35. The predicted molar refractivity (Wildman–Crippen MR) is 159 cm³/mol. The molecule has 8 rings (SSSR count). The van der Waals surface area contributed by atoms with E-state index in [9.17, 15) is 0 Å². The lowest BCUT2D eigenvalue weighted by atomic mass is 9.95. The maximum atomic E-state index is 3.57. The fraction of sp³-hybridized carbons (Fsp3) is 0. The van der Waals surface area contributed by atoms with Gasteiger partial charge in [0.15, 0.2) is 0 Å². The van der Waals surface area contributed by atoms with E-state index in [1.807, 2.05) is 0 Å². The molecule has 0 saturated heterocycles. The van der Waals surface area contributed by atoms with Gasteiger partial charge >= 0.3 is 0 Å². The minimum Gasteiger partial charge on any atom is -0.354 e. The Hall–Kier alpha value is -4.88. The highest BCUT2D eigenvalue weighted by Gasteiger charge is 2.10. The van der Waals surface area contributed by atoms with Gasteiger partial charge in [0.2, 0.25) is 0 Å². The van der Waals surface area contributed by atoms with Crippen LogP contribution >= 0.6 is 0 Å². The molecular weight excluding hydrogens is 446 g/mol. The van der Waals surface area contributed by atoms with Crippen LogP contribution in [0.15, 0.2) is 133 Å². The van der Waals surface area contributed by atoms with Gasteiger partial charge in [-0.15, -0.1) is 0 Å². The second kappa shape index (κ2) is 7.81. The highest BCUT2D eigenvalue weighted by molar-refractivity contribution is 6.20. The highest BCUT2D eigenvalue weighted by atomic mass is 14.7. The molecule has 0 amide bonds. The SMILES string of the molecule is c1ccc2cc(-c3ccc4ccc(-c5ccc6c(ccc7[nH]c8ccccc8c76)c5)cc4c3)ccc2c1. The molecular formula is C36H23N. The number of H-pyrrole nitrogens is 1. The molecule has 37 heavy (non-hydrogen) atoms. The van der Waals surface area contributed by atoms with Gasteiger partial charge in [-0.25, -0.2) is 0 Å². The van der Waals surface area contributed by atoms with Gasteiger partial charge in [-0.2, -0.15) is 0 Å². The van der Waals surface area contributed by atoms with Crippen LogP contribution in [0, 0.1) is 0 Å². The van der Waals surface area contributed by atoms with Crippen molar-refractivity contribution in [2.45, 2.75) is 0 Å². The van der Waals surface area contributed by atoms with Gasteiger partial charge in [0, 0.05) is 21.8 Å². The Labute approximate surface area is 214 Å². The number of fused-ring (bicyclic) bond motifs is 7. The van der Waals surface area contributed by atoms with Crippen LogP contribution < -0.4 is 0 Å². The molecule has 1 aromatic heterocycles. The van der Waals surface area contributed by atoms with Crippen molar-refractivity contribution >= 4 is 54.1 Å². The van der Waals surface area contributed by atoms with E-state index in [4.69, 9.17) is 0 Å². The topological polar surface area (TPSA) is 15.8 Å². The van der Waals surface area contributed by atoms with Gasteiger partial charge in [0.05, 0.1) is 0 Å². The van der Waals surface area contributed by atoms with Crippen molar-refractivity contribution < 1.29 is 0 Å². The molecule has 1 N–H and O–H groups in total. The first kappa shape index (κ1) is 20.3. The summed E-state index contributed by atoms with van der Waals surface area (Å²) >= 11 is 0. The molecule has 7 aromatic carbocycles. The predicted octanol–water partition coefficient (Wildman–Crippen LogP) is 10.1. The molecule has 172 valence electrons. The van der Waals surface area contributed by atoms with E-state index in [0.717, 1.165) is 0 Å². The number of hydrogen-bond acceptors (Lipinski definition) is 0. The molecule has 0 unspecified atom stereocenters. The summed E-state index contributed by atoms with van der Waals surface area (Å²) in [6, 6.07) is 48.7. The smallest absolute Gasteiger partial charge is 0.0471 e. The molecule has 0 radical (unpaired) electrons. The molecule has 0 atom stereocenters. The van der Waals surface area contributed by atoms with Gasteiger partial charge in [-0.3, -0.25) is 0 Å². The number of rotatable bonds is 2.